The summed E-state index contributed by atoms with van der Waals surface area (Å²) in [6, 6.07) is 0. The van der Waals surface area contributed by atoms with E-state index < -0.39 is 5.97 Å². The Bertz CT molecular complexity index is 601. The number of rotatable bonds is 5. The van der Waals surface area contributed by atoms with E-state index in [-0.39, 0.29) is 12.0 Å². The van der Waals surface area contributed by atoms with Crippen molar-refractivity contribution in [2.75, 3.05) is 26.3 Å². The van der Waals surface area contributed by atoms with Gasteiger partial charge >= 0.3 is 12.1 Å². The number of likely N-dealkylation sites (tertiary alicyclic amines) is 1. The van der Waals surface area contributed by atoms with Crippen molar-refractivity contribution in [2.45, 2.75) is 45.4 Å². The van der Waals surface area contributed by atoms with Crippen LogP contribution >= 0.6 is 0 Å². The fourth-order valence-corrected chi connectivity index (χ4v) is 2.98. The Kier molecular flexibility index (Phi) is 5.06. The molecule has 2 aliphatic rings. The number of nitrogens with one attached hydrogen (secondary N) is 1. The van der Waals surface area contributed by atoms with Gasteiger partial charge in [-0.05, 0) is 45.4 Å². The van der Waals surface area contributed by atoms with Crippen molar-refractivity contribution in [1.82, 2.24) is 14.9 Å². The molecule has 1 amide bonds. The number of hydrogen-bond donors (Lipinski definition) is 1. The number of ether oxygens (including phenoxy) is 2. The van der Waals surface area contributed by atoms with Gasteiger partial charge in [-0.25, -0.2) is 14.6 Å². The van der Waals surface area contributed by atoms with Crippen molar-refractivity contribution in [3.05, 3.63) is 17.2 Å². The summed E-state index contributed by atoms with van der Waals surface area (Å²) in [5.74, 6) is 1.22. The lowest BCUT2D eigenvalue weighted by Crippen LogP contribution is -2.38. The average Bonchev–Trinajstić information content (AvgIpc) is 3.33. The van der Waals surface area contributed by atoms with Crippen molar-refractivity contribution in [3.63, 3.8) is 0 Å². The van der Waals surface area contributed by atoms with Gasteiger partial charge in [0.1, 0.15) is 5.82 Å². The molecule has 0 radical (unpaired) electrons. The van der Waals surface area contributed by atoms with E-state index in [0.29, 0.717) is 37.9 Å². The molecule has 1 aliphatic carbocycles. The lowest BCUT2D eigenvalue weighted by Gasteiger charge is -2.30. The zero-order valence-corrected chi connectivity index (χ0v) is 14.3. The second-order valence-corrected chi connectivity index (χ2v) is 6.60. The fraction of sp³-hybridized carbons (Fsp3) is 0.706. The number of hydrogen-bond acceptors (Lipinski definition) is 5. The summed E-state index contributed by atoms with van der Waals surface area (Å²) in [6.07, 6.45) is 3.77. The van der Waals surface area contributed by atoms with Gasteiger partial charge < -0.3 is 19.4 Å². The van der Waals surface area contributed by atoms with Gasteiger partial charge in [0.05, 0.1) is 13.2 Å². The first kappa shape index (κ1) is 16.8. The predicted molar refractivity (Wildman–Crippen MR) is 86.9 cm³/mol. The molecule has 1 aromatic rings. The van der Waals surface area contributed by atoms with E-state index >= 15 is 0 Å². The fourth-order valence-electron chi connectivity index (χ4n) is 2.98. The molecular weight excluding hydrogens is 310 g/mol. The lowest BCUT2D eigenvalue weighted by atomic mass is 9.96. The minimum absolute atomic E-state index is 0.205. The van der Waals surface area contributed by atoms with Gasteiger partial charge in [0.2, 0.25) is 0 Å². The Morgan fingerprint density at radius 2 is 1.92 bits per heavy atom. The molecule has 2 heterocycles. The molecule has 132 valence electrons. The summed E-state index contributed by atoms with van der Waals surface area (Å²) >= 11 is 0. The monoisotopic (exact) mass is 335 g/mol. The summed E-state index contributed by atoms with van der Waals surface area (Å²) in [4.78, 5) is 33.3. The number of imidazole rings is 1. The number of carbonyl (C=O) groups excluding carboxylic acids is 2. The van der Waals surface area contributed by atoms with Crippen molar-refractivity contribution in [3.8, 4) is 0 Å². The highest BCUT2D eigenvalue weighted by molar-refractivity contribution is 5.88. The number of carbonyl (C=O) groups is 2. The third-order valence-electron chi connectivity index (χ3n) is 4.65. The normalized spacial score (nSPS) is 18.5. The van der Waals surface area contributed by atoms with E-state index in [4.69, 9.17) is 9.47 Å². The highest BCUT2D eigenvalue weighted by atomic mass is 16.6. The molecule has 2 fully saturated rings. The minimum Gasteiger partial charge on any atom is -0.461 e. The van der Waals surface area contributed by atoms with Crippen LogP contribution in [0.2, 0.25) is 0 Å². The van der Waals surface area contributed by atoms with Crippen LogP contribution in [-0.2, 0) is 9.47 Å². The van der Waals surface area contributed by atoms with Crippen LogP contribution in [0, 0.1) is 12.8 Å². The van der Waals surface area contributed by atoms with Gasteiger partial charge in [0.15, 0.2) is 5.69 Å². The summed E-state index contributed by atoms with van der Waals surface area (Å²) in [5, 5.41) is 0. The SMILES string of the molecule is CCOC(=O)c1nc(C2CCN(C(=O)OCC3CC3)CC2)[nH]c1C. The van der Waals surface area contributed by atoms with Gasteiger partial charge in [-0.15, -0.1) is 0 Å². The maximum atomic E-state index is 12.0. The van der Waals surface area contributed by atoms with E-state index in [9.17, 15) is 9.59 Å². The molecule has 0 bridgehead atoms. The number of esters is 1. The van der Waals surface area contributed by atoms with E-state index in [0.717, 1.165) is 24.4 Å². The first-order valence-electron chi connectivity index (χ1n) is 8.73. The predicted octanol–water partition coefficient (Wildman–Crippen LogP) is 2.62. The number of piperidine rings is 1. The Labute approximate surface area is 141 Å². The molecule has 0 aromatic carbocycles. The summed E-state index contributed by atoms with van der Waals surface area (Å²) in [7, 11) is 0. The number of amides is 1. The largest absolute Gasteiger partial charge is 0.461 e. The Balaban J connectivity index is 1.53. The smallest absolute Gasteiger partial charge is 0.409 e. The van der Waals surface area contributed by atoms with Gasteiger partial charge in [0.25, 0.3) is 0 Å². The molecule has 0 atom stereocenters. The van der Waals surface area contributed by atoms with Gasteiger partial charge in [-0.2, -0.15) is 0 Å². The van der Waals surface area contributed by atoms with Crippen LogP contribution in [0.3, 0.4) is 0 Å². The first-order valence-corrected chi connectivity index (χ1v) is 8.73. The quantitative estimate of drug-likeness (QED) is 0.836. The van der Waals surface area contributed by atoms with Crippen LogP contribution in [-0.4, -0.2) is 53.2 Å². The minimum atomic E-state index is -0.390. The van der Waals surface area contributed by atoms with Crippen molar-refractivity contribution in [1.29, 1.82) is 0 Å². The van der Waals surface area contributed by atoms with Crippen LogP contribution in [0.4, 0.5) is 4.79 Å². The van der Waals surface area contributed by atoms with E-state index in [2.05, 4.69) is 9.97 Å². The van der Waals surface area contributed by atoms with Crippen LogP contribution in [0.1, 0.15) is 60.5 Å². The van der Waals surface area contributed by atoms with E-state index in [1.165, 1.54) is 12.8 Å². The molecule has 3 rings (SSSR count). The molecular formula is C17H25N3O4. The first-order chi connectivity index (χ1) is 11.6. The number of nitrogens with zero attached hydrogens (tertiary/aromatic N) is 2. The van der Waals surface area contributed by atoms with Gasteiger partial charge in [-0.1, -0.05) is 0 Å². The third-order valence-corrected chi connectivity index (χ3v) is 4.65. The summed E-state index contributed by atoms with van der Waals surface area (Å²) in [5.41, 5.74) is 1.09. The number of aryl methyl sites for hydroxylation is 1. The maximum absolute atomic E-state index is 12.0. The molecule has 1 N–H and O–H groups in total. The Morgan fingerprint density at radius 1 is 1.21 bits per heavy atom. The van der Waals surface area contributed by atoms with Crippen LogP contribution < -0.4 is 0 Å². The standard InChI is InChI=1S/C17H25N3O4/c1-3-23-16(21)14-11(2)18-15(19-14)13-6-8-20(9-7-13)17(22)24-10-12-4-5-12/h12-13H,3-10H2,1-2H3,(H,18,19). The average molecular weight is 335 g/mol. The molecule has 1 aromatic heterocycles. The summed E-state index contributed by atoms with van der Waals surface area (Å²) in [6.45, 7) is 5.80. The van der Waals surface area contributed by atoms with E-state index in [1.54, 1.807) is 11.8 Å². The molecule has 1 saturated carbocycles. The van der Waals surface area contributed by atoms with Crippen molar-refractivity contribution < 1.29 is 19.1 Å². The van der Waals surface area contributed by atoms with Crippen molar-refractivity contribution >= 4 is 12.1 Å². The Morgan fingerprint density at radius 3 is 2.54 bits per heavy atom. The molecule has 0 unspecified atom stereocenters. The maximum Gasteiger partial charge on any atom is 0.409 e. The zero-order chi connectivity index (χ0) is 17.1. The van der Waals surface area contributed by atoms with Crippen molar-refractivity contribution in [2.24, 2.45) is 5.92 Å². The third kappa shape index (κ3) is 3.88. The molecule has 7 heteroatoms. The molecule has 24 heavy (non-hydrogen) atoms. The number of aromatic nitrogens is 2. The number of aromatic amines is 1. The molecule has 1 saturated heterocycles. The topological polar surface area (TPSA) is 84.5 Å². The lowest BCUT2D eigenvalue weighted by molar-refractivity contribution is 0.0519. The van der Waals surface area contributed by atoms with Crippen LogP contribution in [0.25, 0.3) is 0 Å². The highest BCUT2D eigenvalue weighted by Gasteiger charge is 2.29. The molecule has 1 aliphatic heterocycles. The Hall–Kier alpha value is -2.05. The zero-order valence-electron chi connectivity index (χ0n) is 14.3. The van der Waals surface area contributed by atoms with Gasteiger partial charge in [0, 0.05) is 24.7 Å². The van der Waals surface area contributed by atoms with Gasteiger partial charge in [-0.3, -0.25) is 0 Å². The second kappa shape index (κ2) is 7.23. The molecule has 0 spiro atoms. The highest BCUT2D eigenvalue weighted by Crippen LogP contribution is 2.30. The van der Waals surface area contributed by atoms with Crippen LogP contribution in [0.5, 0.6) is 0 Å². The van der Waals surface area contributed by atoms with E-state index in [1.807, 2.05) is 6.92 Å². The van der Waals surface area contributed by atoms with Crippen LogP contribution in [0.15, 0.2) is 0 Å². The second-order valence-electron chi connectivity index (χ2n) is 6.60. The number of H-pyrrole nitrogens is 1. The summed E-state index contributed by atoms with van der Waals surface area (Å²) < 4.78 is 10.3. The molecule has 7 nitrogen and oxygen atoms in total.